The second-order valence-electron chi connectivity index (χ2n) is 14.5. The average molecular weight is 803 g/mol. The van der Waals surface area contributed by atoms with Crippen LogP contribution in [-0.2, 0) is 6.42 Å². The van der Waals surface area contributed by atoms with Crippen LogP contribution in [0.4, 0.5) is 0 Å². The van der Waals surface area contributed by atoms with E-state index in [0.717, 1.165) is 28.8 Å². The largest absolute Gasteiger partial charge is 0.388 e. The predicted molar refractivity (Wildman–Crippen MR) is 273 cm³/mol. The van der Waals surface area contributed by atoms with Gasteiger partial charge in [-0.2, -0.15) is 0 Å². The Balaban J connectivity index is 0.000000553. The number of rotatable bonds is 14. The minimum atomic E-state index is 0.425. The van der Waals surface area contributed by atoms with Gasteiger partial charge in [-0.1, -0.05) is 228 Å². The fourth-order valence-corrected chi connectivity index (χ4v) is 6.18. The van der Waals surface area contributed by atoms with Crippen LogP contribution >= 0.6 is 0 Å². The van der Waals surface area contributed by atoms with Crippen LogP contribution in [0, 0.1) is 11.3 Å². The van der Waals surface area contributed by atoms with E-state index in [9.17, 15) is 0 Å². The zero-order chi connectivity index (χ0) is 44.2. The lowest BCUT2D eigenvalue weighted by atomic mass is 9.98. The smallest absolute Gasteiger partial charge is 0.0540 e. The molecule has 0 atom stereocenters. The molecule has 1 aliphatic carbocycles. The zero-order valence-electron chi connectivity index (χ0n) is 37.7. The molecule has 2 N–H and O–H groups in total. The van der Waals surface area contributed by atoms with Crippen molar-refractivity contribution >= 4 is 28.5 Å². The monoisotopic (exact) mass is 803 g/mol. The molecule has 0 saturated carbocycles. The van der Waals surface area contributed by atoms with Crippen LogP contribution in [0.2, 0.25) is 0 Å². The van der Waals surface area contributed by atoms with Crippen LogP contribution in [0.25, 0.3) is 33.9 Å². The number of fused-ring (bicyclic) bond motifs is 1. The zero-order valence-corrected chi connectivity index (χ0v) is 37.7. The predicted octanol–water partition coefficient (Wildman–Crippen LogP) is 16.2. The van der Waals surface area contributed by atoms with Gasteiger partial charge in [-0.15, -0.1) is 0 Å². The van der Waals surface area contributed by atoms with E-state index in [0.29, 0.717) is 11.6 Å². The van der Waals surface area contributed by atoms with Crippen LogP contribution < -0.4 is 5.32 Å². The summed E-state index contributed by atoms with van der Waals surface area (Å²) in [4.78, 5) is 0. The van der Waals surface area contributed by atoms with E-state index < -0.39 is 0 Å². The Morgan fingerprint density at radius 3 is 1.92 bits per heavy atom. The van der Waals surface area contributed by atoms with Crippen molar-refractivity contribution in [3.05, 3.63) is 252 Å². The summed E-state index contributed by atoms with van der Waals surface area (Å²) >= 11 is 0. The highest BCUT2D eigenvalue weighted by Crippen LogP contribution is 2.25. The van der Waals surface area contributed by atoms with E-state index in [1.54, 1.807) is 6.08 Å². The highest BCUT2D eigenvalue weighted by Gasteiger charge is 2.04. The maximum absolute atomic E-state index is 8.48. The number of hydrogen-bond acceptors (Lipinski definition) is 2. The van der Waals surface area contributed by atoms with E-state index in [1.165, 1.54) is 44.5 Å². The van der Waals surface area contributed by atoms with E-state index in [4.69, 9.17) is 5.41 Å². The number of hydrogen-bond donors (Lipinski definition) is 2. The van der Waals surface area contributed by atoms with Gasteiger partial charge in [-0.25, -0.2) is 0 Å². The first-order chi connectivity index (χ1) is 29.7. The number of allylic oxidation sites excluding steroid dienone is 21. The van der Waals surface area contributed by atoms with E-state index in [2.05, 4.69) is 197 Å². The topological polar surface area (TPSA) is 35.9 Å². The van der Waals surface area contributed by atoms with Gasteiger partial charge in [-0.3, -0.25) is 0 Å². The van der Waals surface area contributed by atoms with E-state index in [-0.39, 0.29) is 0 Å². The average Bonchev–Trinajstić information content (AvgIpc) is 3.29. The van der Waals surface area contributed by atoms with Gasteiger partial charge in [0.1, 0.15) is 0 Å². The van der Waals surface area contributed by atoms with E-state index in [1.807, 2.05) is 76.4 Å². The van der Waals surface area contributed by atoms with Gasteiger partial charge in [-0.05, 0) is 113 Å². The summed E-state index contributed by atoms with van der Waals surface area (Å²) in [6.07, 6.45) is 37.6. The quantitative estimate of drug-likeness (QED) is 0.0967. The maximum Gasteiger partial charge on any atom is 0.0540 e. The molecule has 0 radical (unpaired) electrons. The van der Waals surface area contributed by atoms with Gasteiger partial charge in [0.2, 0.25) is 0 Å². The minimum Gasteiger partial charge on any atom is -0.388 e. The van der Waals surface area contributed by atoms with Crippen molar-refractivity contribution in [3.8, 4) is 11.1 Å². The first-order valence-electron chi connectivity index (χ1n) is 21.4. The Morgan fingerprint density at radius 2 is 1.26 bits per heavy atom. The Hall–Kier alpha value is -6.77. The van der Waals surface area contributed by atoms with Crippen LogP contribution in [0.5, 0.6) is 0 Å². The third-order valence-electron chi connectivity index (χ3n) is 9.51. The summed E-state index contributed by atoms with van der Waals surface area (Å²) in [7, 11) is 1.94. The summed E-state index contributed by atoms with van der Waals surface area (Å²) in [5.74, 6) is 0.518. The Bertz CT molecular complexity index is 2320. The molecule has 4 aromatic carbocycles. The molecule has 0 spiro atoms. The molecule has 5 rings (SSSR count). The summed E-state index contributed by atoms with van der Waals surface area (Å²) < 4.78 is 0. The molecule has 61 heavy (non-hydrogen) atoms. The van der Waals surface area contributed by atoms with Gasteiger partial charge in [0.05, 0.1) is 5.71 Å². The maximum atomic E-state index is 8.48. The molecule has 0 fully saturated rings. The third kappa shape index (κ3) is 17.5. The Morgan fingerprint density at radius 1 is 0.656 bits per heavy atom. The number of likely N-dealkylation sites (N-methyl/N-ethyl adjacent to an activating group) is 1. The number of nitrogens with one attached hydrogen (secondary N) is 2. The van der Waals surface area contributed by atoms with Crippen molar-refractivity contribution in [2.24, 2.45) is 5.92 Å². The van der Waals surface area contributed by atoms with Gasteiger partial charge in [0.15, 0.2) is 0 Å². The highest BCUT2D eigenvalue weighted by molar-refractivity contribution is 6.03. The molecule has 2 heteroatoms. The van der Waals surface area contributed by atoms with Crippen molar-refractivity contribution in [2.45, 2.75) is 54.9 Å². The molecule has 2 nitrogen and oxygen atoms in total. The van der Waals surface area contributed by atoms with Crippen molar-refractivity contribution in [3.63, 3.8) is 0 Å². The second-order valence-corrected chi connectivity index (χ2v) is 14.5. The summed E-state index contributed by atoms with van der Waals surface area (Å²) in [6, 6.07) is 36.2. The molecular weight excluding hydrogens is 737 g/mol. The SMILES string of the molecule is C/C=C\C(=C/C)c1ccc(C(/C=C/C(=N)/C=C/C=C\C=C/C(C)C)=C/C(=C\C=C(/C)c2ccc(-c3ccccc3)cc2)NC)cc1.C=C1/C=C\C=C/c2ccccc2C1.CC. The minimum absolute atomic E-state index is 0.425. The molecule has 0 heterocycles. The highest BCUT2D eigenvalue weighted by atomic mass is 14.8. The first-order valence-corrected chi connectivity index (χ1v) is 21.4. The number of benzene rings is 4. The van der Waals surface area contributed by atoms with Gasteiger partial charge >= 0.3 is 0 Å². The second kappa shape index (κ2) is 27.8. The van der Waals surface area contributed by atoms with Crippen LogP contribution in [0.15, 0.2) is 224 Å². The molecule has 0 saturated heterocycles. The van der Waals surface area contributed by atoms with Crippen molar-refractivity contribution in [1.29, 1.82) is 5.41 Å². The molecule has 0 amide bonds. The molecule has 0 unspecified atom stereocenters. The Kier molecular flexibility index (Phi) is 22.2. The lowest BCUT2D eigenvalue weighted by molar-refractivity contribution is 0.832. The van der Waals surface area contributed by atoms with Gasteiger partial charge < -0.3 is 10.7 Å². The molecule has 0 aromatic heterocycles. The molecular formula is C59H66N2. The van der Waals surface area contributed by atoms with Crippen LogP contribution in [0.1, 0.15) is 76.3 Å². The summed E-state index contributed by atoms with van der Waals surface area (Å²) in [6.45, 7) is 18.5. The standard InChI is InChI=1S/C44H48N2.C13H12.C2H6/c1-7-16-36(8-2)39-26-28-41(29-27-39)42(30-31-43(45)20-15-10-9-12-17-34(3)4)33-44(46-6)32-21-35(5)37-22-24-40(25-23-37)38-18-13-11-14-19-38;1-11-6-2-3-7-12-8-4-5-9-13(12)10-11;1-2/h7-34,45-46H,1-6H3;2-9H,1,10H2;1-2H3/b10-9-,16-7-,17-12-,20-15+,31-30+,35-21+,36-8+,42-33+,44-32+,45-43?;6-2-,7-3-;. The van der Waals surface area contributed by atoms with Crippen molar-refractivity contribution < 1.29 is 0 Å². The molecule has 0 aliphatic heterocycles. The lowest BCUT2D eigenvalue weighted by Gasteiger charge is -2.09. The fourth-order valence-electron chi connectivity index (χ4n) is 6.18. The summed E-state index contributed by atoms with van der Waals surface area (Å²) in [5.41, 5.74) is 14.4. The molecule has 1 aliphatic rings. The van der Waals surface area contributed by atoms with E-state index >= 15 is 0 Å². The lowest BCUT2D eigenvalue weighted by Crippen LogP contribution is -2.03. The van der Waals surface area contributed by atoms with Crippen molar-refractivity contribution in [1.82, 2.24) is 5.32 Å². The van der Waals surface area contributed by atoms with Crippen LogP contribution in [-0.4, -0.2) is 12.8 Å². The van der Waals surface area contributed by atoms with Gasteiger partial charge in [0, 0.05) is 12.7 Å². The normalized spacial score (nSPS) is 14.7. The molecule has 312 valence electrons. The van der Waals surface area contributed by atoms with Crippen molar-refractivity contribution in [2.75, 3.05) is 7.05 Å². The third-order valence-corrected chi connectivity index (χ3v) is 9.51. The Labute approximate surface area is 368 Å². The molecule has 4 aromatic rings. The fraction of sp³-hybridized carbons (Fsp3) is 0.169. The van der Waals surface area contributed by atoms with Crippen LogP contribution in [0.3, 0.4) is 0 Å². The summed E-state index contributed by atoms with van der Waals surface area (Å²) in [5, 5.41) is 11.8. The molecule has 0 bridgehead atoms. The first kappa shape index (κ1) is 48.6. The van der Waals surface area contributed by atoms with Gasteiger partial charge in [0.25, 0.3) is 0 Å².